The first-order valence-corrected chi connectivity index (χ1v) is 19.3. The van der Waals surface area contributed by atoms with E-state index in [1.165, 1.54) is 55.5 Å². The molecule has 0 radical (unpaired) electrons. The molecule has 0 spiro atoms. The average Bonchev–Trinajstić information content (AvgIpc) is 3.53. The van der Waals surface area contributed by atoms with Crippen LogP contribution in [0.2, 0.25) is 0 Å². The lowest BCUT2D eigenvalue weighted by molar-refractivity contribution is 0.487. The van der Waals surface area contributed by atoms with E-state index in [4.69, 9.17) is 4.74 Å². The minimum atomic E-state index is -0.256. The van der Waals surface area contributed by atoms with E-state index >= 15 is 0 Å². The zero-order valence-electron chi connectivity index (χ0n) is 31.0. The fourth-order valence-electron chi connectivity index (χ4n) is 9.17. The molecule has 2 nitrogen and oxygen atoms in total. The van der Waals surface area contributed by atoms with Gasteiger partial charge in [0.25, 0.3) is 0 Å². The standard InChI is InChI=1S/C54H37NO/c1-54(49-21-8-5-18-45(49)46-19-6-9-22-50(46)54)41-27-31-43(32-28-41)55(42-29-25-37(26-30-42)36-13-3-2-4-14-36)44-17-11-15-38(34-44)40-33-39-16-12-24-52-53(39)48(35-40)47-20-7-10-23-51(47)56-52/h2-35H,1H3. The lowest BCUT2D eigenvalue weighted by atomic mass is 9.74. The summed E-state index contributed by atoms with van der Waals surface area (Å²) < 4.78 is 6.36. The third kappa shape index (κ3) is 5.03. The van der Waals surface area contributed by atoms with Crippen molar-refractivity contribution in [3.63, 3.8) is 0 Å². The fourth-order valence-corrected chi connectivity index (χ4v) is 9.17. The molecular formula is C54H37NO. The first kappa shape index (κ1) is 32.3. The number of benzene rings is 9. The van der Waals surface area contributed by atoms with Crippen LogP contribution in [0.25, 0.3) is 55.3 Å². The number of nitrogens with zero attached hydrogens (tertiary/aromatic N) is 1. The number of hydrogen-bond donors (Lipinski definition) is 0. The van der Waals surface area contributed by atoms with Crippen LogP contribution in [0, 0.1) is 0 Å². The van der Waals surface area contributed by atoms with Crippen LogP contribution in [0.15, 0.2) is 206 Å². The molecule has 0 bridgehead atoms. The Kier molecular flexibility index (Phi) is 7.33. The highest BCUT2D eigenvalue weighted by Gasteiger charge is 2.40. The van der Waals surface area contributed by atoms with E-state index in [1.54, 1.807) is 0 Å². The number of hydrogen-bond acceptors (Lipinski definition) is 2. The number of fused-ring (bicyclic) bond motifs is 5. The van der Waals surface area contributed by atoms with Crippen LogP contribution >= 0.6 is 0 Å². The Morgan fingerprint density at radius 3 is 1.68 bits per heavy atom. The van der Waals surface area contributed by atoms with Crippen LogP contribution in [-0.2, 0) is 5.41 Å². The summed E-state index contributed by atoms with van der Waals surface area (Å²) in [6, 6.07) is 74.8. The van der Waals surface area contributed by atoms with Crippen molar-refractivity contribution in [1.82, 2.24) is 0 Å². The molecule has 2 heteroatoms. The topological polar surface area (TPSA) is 12.5 Å². The van der Waals surface area contributed by atoms with E-state index in [9.17, 15) is 0 Å². The van der Waals surface area contributed by atoms with Crippen molar-refractivity contribution in [2.45, 2.75) is 12.3 Å². The number of para-hydroxylation sites is 1. The van der Waals surface area contributed by atoms with Gasteiger partial charge in [-0.3, -0.25) is 0 Å². The van der Waals surface area contributed by atoms with Crippen molar-refractivity contribution in [2.75, 3.05) is 4.90 Å². The number of anilines is 3. The summed E-state index contributed by atoms with van der Waals surface area (Å²) in [4.78, 5) is 2.38. The zero-order chi connectivity index (χ0) is 37.2. The Bertz CT molecular complexity index is 2900. The predicted molar refractivity (Wildman–Crippen MR) is 232 cm³/mol. The Morgan fingerprint density at radius 2 is 0.946 bits per heavy atom. The van der Waals surface area contributed by atoms with Gasteiger partial charge in [-0.25, -0.2) is 0 Å². The summed E-state index contributed by atoms with van der Waals surface area (Å²) in [5, 5.41) is 2.33. The van der Waals surface area contributed by atoms with E-state index in [2.05, 4.69) is 212 Å². The lowest BCUT2D eigenvalue weighted by Gasteiger charge is -2.30. The predicted octanol–water partition coefficient (Wildman–Crippen LogP) is 14.8. The molecule has 0 N–H and O–H groups in total. The highest BCUT2D eigenvalue weighted by molar-refractivity contribution is 6.06. The largest absolute Gasteiger partial charge is 0.456 e. The minimum absolute atomic E-state index is 0.256. The third-order valence-corrected chi connectivity index (χ3v) is 11.9. The summed E-state index contributed by atoms with van der Waals surface area (Å²) in [5.74, 6) is 1.80. The molecule has 0 atom stereocenters. The van der Waals surface area contributed by atoms with Gasteiger partial charge in [-0.05, 0) is 129 Å². The minimum Gasteiger partial charge on any atom is -0.456 e. The third-order valence-electron chi connectivity index (χ3n) is 11.9. The quantitative estimate of drug-likeness (QED) is 0.170. The molecule has 56 heavy (non-hydrogen) atoms. The van der Waals surface area contributed by atoms with Crippen LogP contribution in [0.5, 0.6) is 11.5 Å². The second-order valence-electron chi connectivity index (χ2n) is 15.0. The molecule has 0 saturated heterocycles. The Labute approximate surface area is 327 Å². The first-order valence-electron chi connectivity index (χ1n) is 19.3. The first-order chi connectivity index (χ1) is 27.6. The van der Waals surface area contributed by atoms with Gasteiger partial charge in [-0.2, -0.15) is 0 Å². The van der Waals surface area contributed by atoms with Gasteiger partial charge in [0.2, 0.25) is 0 Å². The van der Waals surface area contributed by atoms with E-state index in [1.807, 2.05) is 6.07 Å². The van der Waals surface area contributed by atoms with Crippen molar-refractivity contribution in [3.8, 4) is 56.0 Å². The average molecular weight is 716 g/mol. The molecule has 11 rings (SSSR count). The zero-order valence-corrected chi connectivity index (χ0v) is 31.0. The van der Waals surface area contributed by atoms with Crippen LogP contribution in [0.4, 0.5) is 17.1 Å². The maximum Gasteiger partial charge on any atom is 0.135 e. The summed E-state index contributed by atoms with van der Waals surface area (Å²) in [6.07, 6.45) is 0. The maximum atomic E-state index is 6.36. The molecule has 264 valence electrons. The smallest absolute Gasteiger partial charge is 0.135 e. The molecule has 1 aliphatic carbocycles. The molecule has 9 aromatic rings. The van der Waals surface area contributed by atoms with Crippen LogP contribution in [0.1, 0.15) is 23.6 Å². The van der Waals surface area contributed by atoms with Crippen LogP contribution in [-0.4, -0.2) is 0 Å². The second kappa shape index (κ2) is 12.7. The summed E-state index contributed by atoms with van der Waals surface area (Å²) >= 11 is 0. The van der Waals surface area contributed by atoms with Crippen LogP contribution < -0.4 is 9.64 Å². The molecule has 1 aliphatic heterocycles. The normalized spacial score (nSPS) is 13.0. The summed E-state index contributed by atoms with van der Waals surface area (Å²) in [6.45, 7) is 2.38. The Morgan fingerprint density at radius 1 is 0.375 bits per heavy atom. The molecule has 0 fully saturated rings. The van der Waals surface area contributed by atoms with Crippen molar-refractivity contribution >= 4 is 27.8 Å². The molecular weight excluding hydrogens is 679 g/mol. The van der Waals surface area contributed by atoms with Gasteiger partial charge in [-0.1, -0.05) is 146 Å². The van der Waals surface area contributed by atoms with E-state index < -0.39 is 0 Å². The second-order valence-corrected chi connectivity index (χ2v) is 15.0. The van der Waals surface area contributed by atoms with E-state index in [0.717, 1.165) is 45.1 Å². The van der Waals surface area contributed by atoms with Crippen molar-refractivity contribution in [1.29, 1.82) is 0 Å². The molecule has 0 saturated carbocycles. The number of rotatable bonds is 6. The Hall–Kier alpha value is -7.16. The van der Waals surface area contributed by atoms with Crippen molar-refractivity contribution in [2.24, 2.45) is 0 Å². The summed E-state index contributed by atoms with van der Waals surface area (Å²) in [5.41, 5.74) is 16.7. The van der Waals surface area contributed by atoms with Gasteiger partial charge in [0.05, 0.1) is 0 Å². The highest BCUT2D eigenvalue weighted by atomic mass is 16.5. The Balaban J connectivity index is 1.04. The van der Waals surface area contributed by atoms with Gasteiger partial charge in [0.1, 0.15) is 11.5 Å². The number of ether oxygens (including phenoxy) is 1. The van der Waals surface area contributed by atoms with Gasteiger partial charge < -0.3 is 9.64 Å². The summed E-state index contributed by atoms with van der Waals surface area (Å²) in [7, 11) is 0. The molecule has 0 amide bonds. The van der Waals surface area contributed by atoms with Gasteiger partial charge >= 0.3 is 0 Å². The van der Waals surface area contributed by atoms with Crippen molar-refractivity contribution < 1.29 is 4.74 Å². The maximum absolute atomic E-state index is 6.36. The van der Waals surface area contributed by atoms with Gasteiger partial charge in [0, 0.05) is 33.4 Å². The SMILES string of the molecule is CC1(c2ccc(N(c3ccc(-c4ccccc4)cc3)c3cccc(-c4cc5c6c(cccc6c4)Oc4ccccc4-5)c3)cc2)c2ccccc2-c2ccccc21. The fraction of sp³-hybridized carbons (Fsp3) is 0.0370. The molecule has 9 aromatic carbocycles. The van der Waals surface area contributed by atoms with E-state index in [0.29, 0.717) is 0 Å². The highest BCUT2D eigenvalue weighted by Crippen LogP contribution is 2.53. The van der Waals surface area contributed by atoms with Crippen molar-refractivity contribution in [3.05, 3.63) is 223 Å². The van der Waals surface area contributed by atoms with Crippen LogP contribution in [0.3, 0.4) is 0 Å². The monoisotopic (exact) mass is 715 g/mol. The molecule has 1 heterocycles. The van der Waals surface area contributed by atoms with Gasteiger partial charge in [0.15, 0.2) is 0 Å². The van der Waals surface area contributed by atoms with Gasteiger partial charge in [-0.15, -0.1) is 0 Å². The van der Waals surface area contributed by atoms with E-state index in [-0.39, 0.29) is 5.41 Å². The lowest BCUT2D eigenvalue weighted by Crippen LogP contribution is -2.22. The molecule has 0 aromatic heterocycles. The molecule has 2 aliphatic rings. The molecule has 0 unspecified atom stereocenters.